The fourth-order valence-electron chi connectivity index (χ4n) is 3.91. The highest BCUT2D eigenvalue weighted by Gasteiger charge is 2.36. The van der Waals surface area contributed by atoms with E-state index < -0.39 is 10.0 Å². The average molecular weight is 380 g/mol. The Morgan fingerprint density at radius 2 is 1.81 bits per heavy atom. The van der Waals surface area contributed by atoms with Crippen LogP contribution in [-0.2, 0) is 10.0 Å². The van der Waals surface area contributed by atoms with Crippen molar-refractivity contribution in [2.24, 2.45) is 0 Å². The highest BCUT2D eigenvalue weighted by Crippen LogP contribution is 2.29. The molecule has 2 saturated heterocycles. The molecule has 144 valence electrons. The molecular formula is C19H29N3O3S. The van der Waals surface area contributed by atoms with E-state index in [-0.39, 0.29) is 22.9 Å². The van der Waals surface area contributed by atoms with Gasteiger partial charge in [-0.3, -0.25) is 4.79 Å². The molecule has 1 aromatic rings. The number of amides is 1. The van der Waals surface area contributed by atoms with Crippen LogP contribution in [0.3, 0.4) is 0 Å². The number of hydrogen-bond donors (Lipinski definition) is 2. The molecule has 2 aliphatic rings. The summed E-state index contributed by atoms with van der Waals surface area (Å²) in [7, 11) is -1.69. The second-order valence-electron chi connectivity index (χ2n) is 7.63. The number of benzene rings is 1. The third kappa shape index (κ3) is 4.10. The van der Waals surface area contributed by atoms with E-state index in [2.05, 4.69) is 10.0 Å². The maximum absolute atomic E-state index is 12.8. The molecule has 3 rings (SSSR count). The molecule has 2 heterocycles. The van der Waals surface area contributed by atoms with E-state index in [1.807, 2.05) is 25.8 Å². The molecule has 6 nitrogen and oxygen atoms in total. The maximum Gasteiger partial charge on any atom is 0.253 e. The van der Waals surface area contributed by atoms with Gasteiger partial charge in [-0.25, -0.2) is 13.1 Å². The standard InChI is InChI=1S/C19H29N3O3S/c1-4-13(2)21-26(24,25)18-9-5-14(6-10-18)19(23)22(3)17-11-15-7-8-16(12-17)20-15/h5-6,9-10,13,15-17,20-21H,4,7-8,11-12H2,1-3H3. The molecule has 1 aromatic carbocycles. The topological polar surface area (TPSA) is 78.5 Å². The van der Waals surface area contributed by atoms with Gasteiger partial charge in [0.05, 0.1) is 4.90 Å². The zero-order valence-corrected chi connectivity index (χ0v) is 16.6. The van der Waals surface area contributed by atoms with Crippen molar-refractivity contribution in [3.63, 3.8) is 0 Å². The third-order valence-electron chi connectivity index (χ3n) is 5.70. The lowest BCUT2D eigenvalue weighted by molar-refractivity contribution is 0.0681. The van der Waals surface area contributed by atoms with Gasteiger partial charge in [-0.05, 0) is 63.3 Å². The minimum atomic E-state index is -3.54. The highest BCUT2D eigenvalue weighted by molar-refractivity contribution is 7.89. The van der Waals surface area contributed by atoms with Gasteiger partial charge in [-0.15, -0.1) is 0 Å². The summed E-state index contributed by atoms with van der Waals surface area (Å²) in [6.45, 7) is 3.76. The van der Waals surface area contributed by atoms with Crippen LogP contribution in [0.15, 0.2) is 29.2 Å². The van der Waals surface area contributed by atoms with Crippen molar-refractivity contribution in [1.82, 2.24) is 14.9 Å². The molecule has 7 heteroatoms. The number of nitrogens with zero attached hydrogens (tertiary/aromatic N) is 1. The zero-order valence-electron chi connectivity index (χ0n) is 15.7. The van der Waals surface area contributed by atoms with Crippen LogP contribution in [0.1, 0.15) is 56.3 Å². The first-order valence-corrected chi connectivity index (χ1v) is 10.9. The fourth-order valence-corrected chi connectivity index (χ4v) is 5.23. The van der Waals surface area contributed by atoms with Crippen LogP contribution >= 0.6 is 0 Å². The van der Waals surface area contributed by atoms with E-state index in [0.717, 1.165) is 19.3 Å². The van der Waals surface area contributed by atoms with Gasteiger partial charge >= 0.3 is 0 Å². The molecule has 0 aromatic heterocycles. The number of rotatable bonds is 6. The molecule has 1 amide bonds. The number of fused-ring (bicyclic) bond motifs is 2. The van der Waals surface area contributed by atoms with E-state index in [4.69, 9.17) is 0 Å². The lowest BCUT2D eigenvalue weighted by Gasteiger charge is -2.35. The summed E-state index contributed by atoms with van der Waals surface area (Å²) in [6.07, 6.45) is 5.09. The van der Waals surface area contributed by atoms with Crippen LogP contribution in [0.2, 0.25) is 0 Å². The summed E-state index contributed by atoms with van der Waals surface area (Å²) in [6, 6.07) is 7.41. The summed E-state index contributed by atoms with van der Waals surface area (Å²) >= 11 is 0. The molecule has 3 atom stereocenters. The van der Waals surface area contributed by atoms with Crippen LogP contribution in [0.5, 0.6) is 0 Å². The van der Waals surface area contributed by atoms with Crippen LogP contribution in [0.4, 0.5) is 0 Å². The quantitative estimate of drug-likeness (QED) is 0.794. The molecule has 26 heavy (non-hydrogen) atoms. The SMILES string of the molecule is CCC(C)NS(=O)(=O)c1ccc(C(=O)N(C)C2CC3CCC(C2)N3)cc1. The van der Waals surface area contributed by atoms with E-state index >= 15 is 0 Å². The van der Waals surface area contributed by atoms with Gasteiger partial charge in [0.1, 0.15) is 0 Å². The first-order chi connectivity index (χ1) is 12.3. The first-order valence-electron chi connectivity index (χ1n) is 9.45. The lowest BCUT2D eigenvalue weighted by atomic mass is 9.98. The molecular weight excluding hydrogens is 350 g/mol. The van der Waals surface area contributed by atoms with Gasteiger partial charge in [0, 0.05) is 36.8 Å². The Bertz CT molecular complexity index is 736. The molecule has 0 radical (unpaired) electrons. The molecule has 2 N–H and O–H groups in total. The summed E-state index contributed by atoms with van der Waals surface area (Å²) in [5.41, 5.74) is 0.529. The molecule has 2 bridgehead atoms. The van der Waals surface area contributed by atoms with Crippen molar-refractivity contribution in [2.75, 3.05) is 7.05 Å². The molecule has 0 saturated carbocycles. The number of sulfonamides is 1. The highest BCUT2D eigenvalue weighted by atomic mass is 32.2. The normalized spacial score (nSPS) is 26.5. The minimum Gasteiger partial charge on any atom is -0.339 e. The van der Waals surface area contributed by atoms with Crippen molar-refractivity contribution >= 4 is 15.9 Å². The van der Waals surface area contributed by atoms with Gasteiger partial charge in [0.2, 0.25) is 10.0 Å². The van der Waals surface area contributed by atoms with Gasteiger partial charge < -0.3 is 10.2 Å². The second kappa shape index (κ2) is 7.66. The van der Waals surface area contributed by atoms with E-state index in [9.17, 15) is 13.2 Å². The summed E-state index contributed by atoms with van der Waals surface area (Å²) in [4.78, 5) is 14.8. The van der Waals surface area contributed by atoms with Crippen molar-refractivity contribution in [1.29, 1.82) is 0 Å². The average Bonchev–Trinajstić information content (AvgIpc) is 2.97. The number of hydrogen-bond acceptors (Lipinski definition) is 4. The Morgan fingerprint density at radius 3 is 2.35 bits per heavy atom. The van der Waals surface area contributed by atoms with E-state index in [0.29, 0.717) is 17.6 Å². The Labute approximate surface area is 156 Å². The van der Waals surface area contributed by atoms with Gasteiger partial charge in [0.15, 0.2) is 0 Å². The fraction of sp³-hybridized carbons (Fsp3) is 0.632. The van der Waals surface area contributed by atoms with Crippen LogP contribution < -0.4 is 10.0 Å². The molecule has 2 aliphatic heterocycles. The van der Waals surface area contributed by atoms with Crippen molar-refractivity contribution < 1.29 is 13.2 Å². The van der Waals surface area contributed by atoms with Gasteiger partial charge in [0.25, 0.3) is 5.91 Å². The summed E-state index contributed by atoms with van der Waals surface area (Å²) in [5.74, 6) is -0.0462. The van der Waals surface area contributed by atoms with Crippen molar-refractivity contribution in [3.8, 4) is 0 Å². The Hall–Kier alpha value is -1.44. The van der Waals surface area contributed by atoms with Crippen molar-refractivity contribution in [3.05, 3.63) is 29.8 Å². The summed E-state index contributed by atoms with van der Waals surface area (Å²) in [5, 5.41) is 3.59. The number of nitrogens with one attached hydrogen (secondary N) is 2. The molecule has 3 unspecified atom stereocenters. The number of carbonyl (C=O) groups excluding carboxylic acids is 1. The second-order valence-corrected chi connectivity index (χ2v) is 9.35. The van der Waals surface area contributed by atoms with Crippen LogP contribution in [-0.4, -0.2) is 50.4 Å². The van der Waals surface area contributed by atoms with Crippen LogP contribution in [0, 0.1) is 0 Å². The first kappa shape index (κ1) is 19.3. The third-order valence-corrected chi connectivity index (χ3v) is 7.30. The van der Waals surface area contributed by atoms with E-state index in [1.54, 1.807) is 12.1 Å². The largest absolute Gasteiger partial charge is 0.339 e. The van der Waals surface area contributed by atoms with Gasteiger partial charge in [-0.1, -0.05) is 6.92 Å². The number of piperidine rings is 1. The van der Waals surface area contributed by atoms with Crippen LogP contribution in [0.25, 0.3) is 0 Å². The Morgan fingerprint density at radius 1 is 1.23 bits per heavy atom. The number of carbonyl (C=O) groups is 1. The smallest absolute Gasteiger partial charge is 0.253 e. The lowest BCUT2D eigenvalue weighted by Crippen LogP contribution is -2.48. The zero-order chi connectivity index (χ0) is 18.9. The minimum absolute atomic E-state index is 0.0462. The predicted octanol–water partition coefficient (Wildman–Crippen LogP) is 2.12. The Balaban J connectivity index is 1.68. The molecule has 2 fully saturated rings. The molecule has 0 spiro atoms. The molecule has 0 aliphatic carbocycles. The predicted molar refractivity (Wildman–Crippen MR) is 102 cm³/mol. The van der Waals surface area contributed by atoms with E-state index in [1.165, 1.54) is 25.0 Å². The Kier molecular flexibility index (Phi) is 5.69. The van der Waals surface area contributed by atoms with Gasteiger partial charge in [-0.2, -0.15) is 0 Å². The summed E-state index contributed by atoms with van der Waals surface area (Å²) < 4.78 is 27.3. The maximum atomic E-state index is 12.8. The monoisotopic (exact) mass is 379 g/mol. The van der Waals surface area contributed by atoms with Crippen molar-refractivity contribution in [2.45, 2.75) is 75.0 Å².